The number of carbonyl (C=O) groups is 2. The second-order valence-corrected chi connectivity index (χ2v) is 23.5. The Morgan fingerprint density at radius 1 is 0.534 bits per heavy atom. The number of aliphatic hydroxyl groups is 4. The molecule has 8 saturated carbocycles. The number of nitrogens with one attached hydrogen (secondary N) is 2. The predicted molar refractivity (Wildman–Crippen MR) is 228 cm³/mol. The SMILES string of the molecule is C[C@H](CCC(=O)NCCNC(=O)CC[C@@H](C)[C@H]1CC[C@H]2[C@@H]3CC[C@@H]4C[C@H](O)CC[C@]4(C)[C@H]3C[C@H](O)[C@]12C)[C@H]1CC[C@H]2[C@@H]3CC[C@@H]4C[C@H](O)CC[C@]4(C)[C@H]3C[C@H](O)[C@]12C. The standard InChI is InChI=1S/C50H84N2O6/c1-29(37-13-15-39-35-11-9-31-25-33(53)19-21-47(31,3)41(35)27-43(55)49(37,39)5)7-17-45(57)51-23-24-52-46(58)18-8-30(2)38-14-16-40-36-12-10-32-26-34(54)20-22-48(32,4)42(36)28-44(56)50(38,40)6/h29-44,53-56H,7-28H2,1-6H3,(H,51,57)(H,52,58)/t29-,30-,31-,32-,33-,34-,35+,36+,37-,38-,39+,40+,41+,42+,43+,44+,47+,48+,49-,50-/m1/s1. The van der Waals surface area contributed by atoms with Crippen LogP contribution in [0, 0.1) is 92.7 Å². The number of hydrogen-bond donors (Lipinski definition) is 6. The molecule has 6 N–H and O–H groups in total. The van der Waals surface area contributed by atoms with Crippen LogP contribution in [-0.2, 0) is 9.59 Å². The first-order valence-electron chi connectivity index (χ1n) is 24.8. The zero-order valence-corrected chi connectivity index (χ0v) is 37.4. The molecule has 0 bridgehead atoms. The highest BCUT2D eigenvalue weighted by Crippen LogP contribution is 2.70. The molecule has 2 amide bonds. The van der Waals surface area contributed by atoms with E-state index in [1.165, 1.54) is 38.5 Å². The Morgan fingerprint density at radius 2 is 0.931 bits per heavy atom. The largest absolute Gasteiger partial charge is 0.393 e. The number of aliphatic hydroxyl groups excluding tert-OH is 4. The van der Waals surface area contributed by atoms with Crippen molar-refractivity contribution in [3.8, 4) is 0 Å². The van der Waals surface area contributed by atoms with Gasteiger partial charge >= 0.3 is 0 Å². The van der Waals surface area contributed by atoms with Crippen molar-refractivity contribution in [1.82, 2.24) is 10.6 Å². The van der Waals surface area contributed by atoms with Crippen LogP contribution < -0.4 is 10.6 Å². The van der Waals surface area contributed by atoms with E-state index >= 15 is 0 Å². The monoisotopic (exact) mass is 809 g/mol. The Balaban J connectivity index is 0.751. The van der Waals surface area contributed by atoms with Crippen LogP contribution in [0.1, 0.15) is 170 Å². The molecule has 0 aromatic heterocycles. The van der Waals surface area contributed by atoms with Gasteiger partial charge in [-0.1, -0.05) is 41.5 Å². The van der Waals surface area contributed by atoms with Gasteiger partial charge < -0.3 is 31.1 Å². The molecule has 8 rings (SSSR count). The van der Waals surface area contributed by atoms with Crippen LogP contribution in [0.2, 0.25) is 0 Å². The maximum absolute atomic E-state index is 13.0. The molecule has 58 heavy (non-hydrogen) atoms. The second kappa shape index (κ2) is 16.5. The fourth-order valence-corrected chi connectivity index (χ4v) is 18.0. The van der Waals surface area contributed by atoms with E-state index in [9.17, 15) is 30.0 Å². The van der Waals surface area contributed by atoms with Crippen LogP contribution in [0.4, 0.5) is 0 Å². The first kappa shape index (κ1) is 43.4. The average molecular weight is 809 g/mol. The van der Waals surface area contributed by atoms with Gasteiger partial charge in [0.25, 0.3) is 0 Å². The predicted octanol–water partition coefficient (Wildman–Crippen LogP) is 8.03. The molecule has 8 aliphatic carbocycles. The summed E-state index contributed by atoms with van der Waals surface area (Å²) in [5, 5.41) is 50.8. The maximum atomic E-state index is 13.0. The summed E-state index contributed by atoms with van der Waals surface area (Å²) in [6.07, 6.45) is 18.9. The Morgan fingerprint density at radius 3 is 1.33 bits per heavy atom. The van der Waals surface area contributed by atoms with Crippen molar-refractivity contribution in [2.75, 3.05) is 13.1 Å². The van der Waals surface area contributed by atoms with Gasteiger partial charge in [0.15, 0.2) is 0 Å². The summed E-state index contributed by atoms with van der Waals surface area (Å²) in [6.45, 7) is 15.2. The van der Waals surface area contributed by atoms with Crippen molar-refractivity contribution >= 4 is 11.8 Å². The molecule has 0 spiro atoms. The molecule has 8 nitrogen and oxygen atoms in total. The molecule has 0 heterocycles. The second-order valence-electron chi connectivity index (χ2n) is 23.5. The van der Waals surface area contributed by atoms with E-state index in [0.29, 0.717) is 96.9 Å². The quantitative estimate of drug-likeness (QED) is 0.117. The molecule has 0 radical (unpaired) electrons. The highest BCUT2D eigenvalue weighted by molar-refractivity contribution is 5.77. The van der Waals surface area contributed by atoms with E-state index in [2.05, 4.69) is 52.2 Å². The summed E-state index contributed by atoms with van der Waals surface area (Å²) in [4.78, 5) is 26.0. The average Bonchev–Trinajstić information content (AvgIpc) is 3.75. The van der Waals surface area contributed by atoms with Gasteiger partial charge in [-0.15, -0.1) is 0 Å². The van der Waals surface area contributed by atoms with Gasteiger partial charge in [0.1, 0.15) is 0 Å². The molecule has 0 aliphatic heterocycles. The number of rotatable bonds is 11. The van der Waals surface area contributed by atoms with E-state index < -0.39 is 0 Å². The van der Waals surface area contributed by atoms with Crippen LogP contribution in [0.3, 0.4) is 0 Å². The summed E-state index contributed by atoms with van der Waals surface area (Å²) in [5.74, 6) is 6.39. The highest BCUT2D eigenvalue weighted by Gasteiger charge is 2.65. The highest BCUT2D eigenvalue weighted by atomic mass is 16.3. The van der Waals surface area contributed by atoms with Gasteiger partial charge in [0.2, 0.25) is 11.8 Å². The smallest absolute Gasteiger partial charge is 0.220 e. The van der Waals surface area contributed by atoms with Gasteiger partial charge in [-0.25, -0.2) is 0 Å². The van der Waals surface area contributed by atoms with E-state index in [1.807, 2.05) is 0 Å². The van der Waals surface area contributed by atoms with Crippen LogP contribution in [0.25, 0.3) is 0 Å². The number of hydrogen-bond acceptors (Lipinski definition) is 6. The summed E-state index contributed by atoms with van der Waals surface area (Å²) in [6, 6.07) is 0. The lowest BCUT2D eigenvalue weighted by atomic mass is 9.43. The Kier molecular flexibility index (Phi) is 12.3. The third-order valence-electron chi connectivity index (χ3n) is 21.4. The summed E-state index contributed by atoms with van der Waals surface area (Å²) >= 11 is 0. The maximum Gasteiger partial charge on any atom is 0.220 e. The first-order chi connectivity index (χ1) is 27.5. The lowest BCUT2D eigenvalue weighted by Crippen LogP contribution is -2.58. The Hall–Kier alpha value is -1.22. The molecule has 8 fully saturated rings. The molecule has 0 unspecified atom stereocenters. The van der Waals surface area contributed by atoms with Gasteiger partial charge in [-0.3, -0.25) is 9.59 Å². The minimum Gasteiger partial charge on any atom is -0.393 e. The van der Waals surface area contributed by atoms with Gasteiger partial charge in [-0.2, -0.15) is 0 Å². The third kappa shape index (κ3) is 7.25. The van der Waals surface area contributed by atoms with Gasteiger partial charge in [0.05, 0.1) is 24.4 Å². The molecule has 8 aliphatic rings. The Bertz CT molecular complexity index is 1380. The fraction of sp³-hybridized carbons (Fsp3) is 0.960. The lowest BCUT2D eigenvalue weighted by molar-refractivity contribution is -0.175. The summed E-state index contributed by atoms with van der Waals surface area (Å²) in [5.41, 5.74) is 0.301. The lowest BCUT2D eigenvalue weighted by Gasteiger charge is -2.62. The topological polar surface area (TPSA) is 139 Å². The number of amides is 2. The molecule has 0 aromatic rings. The Labute approximate surface area is 351 Å². The molecule has 20 atom stereocenters. The molecule has 8 heteroatoms. The van der Waals surface area contributed by atoms with Crippen molar-refractivity contribution in [2.24, 2.45) is 92.7 Å². The van der Waals surface area contributed by atoms with Crippen molar-refractivity contribution in [3.63, 3.8) is 0 Å². The normalized spacial score (nSPS) is 50.5. The van der Waals surface area contributed by atoms with Gasteiger partial charge in [-0.05, 0) is 208 Å². The number of fused-ring (bicyclic) bond motifs is 10. The fourth-order valence-electron chi connectivity index (χ4n) is 18.0. The van der Waals surface area contributed by atoms with Crippen molar-refractivity contribution in [2.45, 2.75) is 194 Å². The van der Waals surface area contributed by atoms with Crippen LogP contribution in [-0.4, -0.2) is 69.7 Å². The van der Waals surface area contributed by atoms with E-state index in [1.54, 1.807) is 0 Å². The van der Waals surface area contributed by atoms with Crippen molar-refractivity contribution < 1.29 is 30.0 Å². The minimum absolute atomic E-state index is 0.0466. The first-order valence-corrected chi connectivity index (χ1v) is 24.8. The zero-order chi connectivity index (χ0) is 41.4. The third-order valence-corrected chi connectivity index (χ3v) is 21.4. The number of carbonyl (C=O) groups excluding carboxylic acids is 2. The van der Waals surface area contributed by atoms with Crippen LogP contribution >= 0.6 is 0 Å². The van der Waals surface area contributed by atoms with E-state index in [-0.39, 0.29) is 57.9 Å². The minimum atomic E-state index is -0.303. The summed E-state index contributed by atoms with van der Waals surface area (Å²) in [7, 11) is 0. The molecule has 330 valence electrons. The summed E-state index contributed by atoms with van der Waals surface area (Å²) < 4.78 is 0. The van der Waals surface area contributed by atoms with E-state index in [4.69, 9.17) is 0 Å². The van der Waals surface area contributed by atoms with Crippen molar-refractivity contribution in [1.29, 1.82) is 0 Å². The molecular weight excluding hydrogens is 725 g/mol. The van der Waals surface area contributed by atoms with E-state index in [0.717, 1.165) is 77.0 Å². The molecule has 0 saturated heterocycles. The molecule has 0 aromatic carbocycles. The van der Waals surface area contributed by atoms with Gasteiger partial charge in [0, 0.05) is 25.9 Å². The molecular formula is C50H84N2O6. The van der Waals surface area contributed by atoms with Crippen LogP contribution in [0.5, 0.6) is 0 Å². The zero-order valence-electron chi connectivity index (χ0n) is 37.4. The van der Waals surface area contributed by atoms with Crippen LogP contribution in [0.15, 0.2) is 0 Å². The van der Waals surface area contributed by atoms with Crippen molar-refractivity contribution in [3.05, 3.63) is 0 Å².